The molecule has 0 radical (unpaired) electrons. The van der Waals surface area contributed by atoms with E-state index in [1.54, 1.807) is 11.3 Å². The number of piperidine rings is 1. The summed E-state index contributed by atoms with van der Waals surface area (Å²) in [5.74, 6) is 1.46. The average Bonchev–Trinajstić information content (AvgIpc) is 3.07. The Hall–Kier alpha value is -1.66. The quantitative estimate of drug-likeness (QED) is 0.888. The predicted octanol–water partition coefficient (Wildman–Crippen LogP) is 2.36. The van der Waals surface area contributed by atoms with Crippen LogP contribution in [0, 0.1) is 5.92 Å². The molecule has 5 nitrogen and oxygen atoms in total. The molecule has 0 spiro atoms. The molecular weight excluding hydrogens is 284 g/mol. The summed E-state index contributed by atoms with van der Waals surface area (Å²) in [5, 5.41) is 12.7. The van der Waals surface area contributed by atoms with Crippen molar-refractivity contribution in [3.05, 3.63) is 34.9 Å². The Balaban J connectivity index is 1.67. The first-order valence-electron chi connectivity index (χ1n) is 7.29. The van der Waals surface area contributed by atoms with Crippen LogP contribution in [0.4, 0.5) is 11.5 Å². The molecule has 0 unspecified atom stereocenters. The summed E-state index contributed by atoms with van der Waals surface area (Å²) in [5.41, 5.74) is 2.91. The van der Waals surface area contributed by atoms with E-state index in [9.17, 15) is 5.11 Å². The van der Waals surface area contributed by atoms with E-state index >= 15 is 0 Å². The Morgan fingerprint density at radius 1 is 1.38 bits per heavy atom. The second kappa shape index (κ2) is 6.87. The zero-order valence-electron chi connectivity index (χ0n) is 11.9. The minimum atomic E-state index is 0.298. The van der Waals surface area contributed by atoms with E-state index < -0.39 is 0 Å². The first-order valence-corrected chi connectivity index (χ1v) is 8.17. The van der Waals surface area contributed by atoms with E-state index in [0.717, 1.165) is 44.0 Å². The van der Waals surface area contributed by atoms with Crippen molar-refractivity contribution < 1.29 is 5.11 Å². The maximum absolute atomic E-state index is 9.24. The van der Waals surface area contributed by atoms with Gasteiger partial charge < -0.3 is 15.3 Å². The molecule has 1 aliphatic heterocycles. The molecule has 1 saturated heterocycles. The summed E-state index contributed by atoms with van der Waals surface area (Å²) in [6.07, 6.45) is 5.79. The largest absolute Gasteiger partial charge is 0.396 e. The van der Waals surface area contributed by atoms with Crippen LogP contribution in [-0.2, 0) is 6.54 Å². The first-order chi connectivity index (χ1) is 10.4. The first kappa shape index (κ1) is 14.3. The van der Waals surface area contributed by atoms with E-state index in [1.807, 2.05) is 24.0 Å². The molecule has 2 aromatic rings. The number of pyridine rings is 1. The number of aromatic nitrogens is 2. The molecule has 3 heterocycles. The lowest BCUT2D eigenvalue weighted by molar-refractivity contribution is 0.203. The van der Waals surface area contributed by atoms with Gasteiger partial charge in [-0.05, 0) is 30.9 Å². The van der Waals surface area contributed by atoms with E-state index in [-0.39, 0.29) is 0 Å². The van der Waals surface area contributed by atoms with E-state index in [1.165, 1.54) is 4.88 Å². The maximum Gasteiger partial charge on any atom is 0.151 e. The van der Waals surface area contributed by atoms with Gasteiger partial charge in [0, 0.05) is 37.0 Å². The van der Waals surface area contributed by atoms with Gasteiger partial charge in [0.2, 0.25) is 0 Å². The van der Waals surface area contributed by atoms with Crippen LogP contribution in [0.3, 0.4) is 0 Å². The van der Waals surface area contributed by atoms with Gasteiger partial charge in [0.05, 0.1) is 17.7 Å². The van der Waals surface area contributed by atoms with Crippen LogP contribution >= 0.6 is 11.3 Å². The van der Waals surface area contributed by atoms with Gasteiger partial charge >= 0.3 is 0 Å². The molecule has 112 valence electrons. The lowest BCUT2D eigenvalue weighted by atomic mass is 9.98. The molecule has 1 aliphatic rings. The number of aliphatic hydroxyl groups is 1. The van der Waals surface area contributed by atoms with Crippen molar-refractivity contribution in [2.75, 3.05) is 29.9 Å². The number of hydrogen-bond acceptors (Lipinski definition) is 6. The van der Waals surface area contributed by atoms with Crippen LogP contribution < -0.4 is 10.2 Å². The van der Waals surface area contributed by atoms with Crippen molar-refractivity contribution in [2.45, 2.75) is 19.4 Å². The van der Waals surface area contributed by atoms with Gasteiger partial charge in [-0.1, -0.05) is 0 Å². The van der Waals surface area contributed by atoms with Crippen molar-refractivity contribution >= 4 is 22.8 Å². The number of aliphatic hydroxyl groups excluding tert-OH is 1. The molecular formula is C15H20N4OS. The van der Waals surface area contributed by atoms with Crippen molar-refractivity contribution in [3.63, 3.8) is 0 Å². The lowest BCUT2D eigenvalue weighted by Crippen LogP contribution is -2.35. The molecule has 6 heteroatoms. The molecule has 3 rings (SSSR count). The third-order valence-corrected chi connectivity index (χ3v) is 4.68. The van der Waals surface area contributed by atoms with E-state index in [0.29, 0.717) is 12.5 Å². The Morgan fingerprint density at radius 2 is 2.24 bits per heavy atom. The summed E-state index contributed by atoms with van der Waals surface area (Å²) in [6, 6.07) is 4.03. The molecule has 2 aromatic heterocycles. The van der Waals surface area contributed by atoms with Crippen LogP contribution in [0.2, 0.25) is 0 Å². The van der Waals surface area contributed by atoms with Gasteiger partial charge in [-0.3, -0.25) is 4.98 Å². The Bertz CT molecular complexity index is 553. The number of thiazole rings is 1. The number of anilines is 2. The highest BCUT2D eigenvalue weighted by Crippen LogP contribution is 2.28. The summed E-state index contributed by atoms with van der Waals surface area (Å²) in [6.45, 7) is 2.98. The number of nitrogens with zero attached hydrogens (tertiary/aromatic N) is 3. The van der Waals surface area contributed by atoms with Gasteiger partial charge in [-0.15, -0.1) is 11.3 Å². The fourth-order valence-electron chi connectivity index (χ4n) is 2.63. The molecule has 21 heavy (non-hydrogen) atoms. The minimum Gasteiger partial charge on any atom is -0.396 e. The topological polar surface area (TPSA) is 61.3 Å². The fraction of sp³-hybridized carbons (Fsp3) is 0.467. The zero-order valence-corrected chi connectivity index (χ0v) is 12.7. The minimum absolute atomic E-state index is 0.298. The van der Waals surface area contributed by atoms with Crippen molar-refractivity contribution in [3.8, 4) is 0 Å². The molecule has 0 atom stereocenters. The monoisotopic (exact) mass is 304 g/mol. The smallest absolute Gasteiger partial charge is 0.151 e. The van der Waals surface area contributed by atoms with Crippen LogP contribution in [-0.4, -0.2) is 34.8 Å². The predicted molar refractivity (Wildman–Crippen MR) is 85.7 cm³/mol. The Labute approximate surface area is 128 Å². The van der Waals surface area contributed by atoms with Gasteiger partial charge in [-0.25, -0.2) is 4.98 Å². The summed E-state index contributed by atoms with van der Waals surface area (Å²) >= 11 is 1.65. The van der Waals surface area contributed by atoms with Crippen LogP contribution in [0.1, 0.15) is 17.7 Å². The number of rotatable bonds is 5. The van der Waals surface area contributed by atoms with Crippen LogP contribution in [0.25, 0.3) is 0 Å². The van der Waals surface area contributed by atoms with Crippen molar-refractivity contribution in [2.24, 2.45) is 5.92 Å². The van der Waals surface area contributed by atoms with Crippen LogP contribution in [0.15, 0.2) is 30.0 Å². The van der Waals surface area contributed by atoms with Gasteiger partial charge in [0.25, 0.3) is 0 Å². The van der Waals surface area contributed by atoms with Crippen LogP contribution in [0.5, 0.6) is 0 Å². The highest BCUT2D eigenvalue weighted by atomic mass is 32.1. The second-order valence-electron chi connectivity index (χ2n) is 5.31. The zero-order chi connectivity index (χ0) is 14.5. The normalized spacial score (nSPS) is 16.1. The summed E-state index contributed by atoms with van der Waals surface area (Å²) in [4.78, 5) is 12.2. The Morgan fingerprint density at radius 3 is 2.95 bits per heavy atom. The highest BCUT2D eigenvalue weighted by molar-refractivity contribution is 7.09. The van der Waals surface area contributed by atoms with Crippen molar-refractivity contribution in [1.82, 2.24) is 9.97 Å². The van der Waals surface area contributed by atoms with E-state index in [2.05, 4.69) is 26.3 Å². The van der Waals surface area contributed by atoms with Crippen molar-refractivity contribution in [1.29, 1.82) is 0 Å². The summed E-state index contributed by atoms with van der Waals surface area (Å²) < 4.78 is 0. The number of nitrogens with one attached hydrogen (secondary N) is 1. The molecule has 0 saturated carbocycles. The molecule has 1 fully saturated rings. The highest BCUT2D eigenvalue weighted by Gasteiger charge is 2.21. The van der Waals surface area contributed by atoms with Gasteiger partial charge in [0.15, 0.2) is 5.82 Å². The fourth-order valence-corrected chi connectivity index (χ4v) is 3.16. The molecule has 0 aromatic carbocycles. The van der Waals surface area contributed by atoms with Gasteiger partial charge in [-0.2, -0.15) is 0 Å². The van der Waals surface area contributed by atoms with Gasteiger partial charge in [0.1, 0.15) is 0 Å². The molecule has 0 aliphatic carbocycles. The lowest BCUT2D eigenvalue weighted by Gasteiger charge is -2.33. The standard InChI is InChI=1S/C15H20N4OS/c20-10-12-3-6-19(7-4-12)15-14(2-1-5-17-15)18-9-13-8-16-11-21-13/h1-2,5,8,11-12,18,20H,3-4,6-7,9-10H2. The maximum atomic E-state index is 9.24. The SMILES string of the molecule is OCC1CCN(c2ncccc2NCc2cncs2)CC1. The third kappa shape index (κ3) is 3.51. The molecule has 0 bridgehead atoms. The number of hydrogen-bond donors (Lipinski definition) is 2. The molecule has 2 N–H and O–H groups in total. The molecule has 0 amide bonds. The average molecular weight is 304 g/mol. The summed E-state index contributed by atoms with van der Waals surface area (Å²) in [7, 11) is 0. The third-order valence-electron chi connectivity index (χ3n) is 3.90. The van der Waals surface area contributed by atoms with E-state index in [4.69, 9.17) is 0 Å². The Kier molecular flexibility index (Phi) is 4.67. The second-order valence-corrected chi connectivity index (χ2v) is 6.28.